The normalized spacial score (nSPS) is 23.1. The Morgan fingerprint density at radius 2 is 1.63 bits per heavy atom. The molecule has 4 rings (SSSR count). The monoisotopic (exact) mass is 366 g/mol. The number of nitrogens with zero attached hydrogens (tertiary/aromatic N) is 4. The fraction of sp³-hybridized carbons (Fsp3) is 0.545. The highest BCUT2D eigenvalue weighted by Crippen LogP contribution is 2.45. The lowest BCUT2D eigenvalue weighted by Crippen LogP contribution is -2.44. The molecule has 2 aliphatic heterocycles. The van der Waals surface area contributed by atoms with Crippen molar-refractivity contribution in [1.29, 1.82) is 0 Å². The zero-order chi connectivity index (χ0) is 18.5. The molecule has 2 saturated heterocycles. The number of methoxy groups -OCH3 is 1. The summed E-state index contributed by atoms with van der Waals surface area (Å²) in [6, 6.07) is 8.42. The maximum atomic E-state index is 5.61. The Hall–Kier alpha value is -1.82. The summed E-state index contributed by atoms with van der Waals surface area (Å²) in [7, 11) is 1.84. The zero-order valence-electron chi connectivity index (χ0n) is 16.3. The summed E-state index contributed by atoms with van der Waals surface area (Å²) in [5.41, 5.74) is 3.01. The first kappa shape index (κ1) is 18.5. The third-order valence-electron chi connectivity index (χ3n) is 6.36. The summed E-state index contributed by atoms with van der Waals surface area (Å²) in [6.07, 6.45) is 10.2. The van der Waals surface area contributed by atoms with Crippen molar-refractivity contribution in [2.75, 3.05) is 39.9 Å². The van der Waals surface area contributed by atoms with Crippen LogP contribution in [0.3, 0.4) is 0 Å². The standard InChI is InChI=1S/C22H30N4O/c1-27-17-21-16-26(15-20-5-3-9-24-13-20)18-22(21)6-10-25(11-7-22)14-19-4-2-8-23-12-19/h2-5,8-9,12-13,21H,6-7,10-11,14-18H2,1H3/t21-/m0/s1. The molecule has 27 heavy (non-hydrogen) atoms. The molecule has 0 aromatic carbocycles. The molecule has 2 fully saturated rings. The topological polar surface area (TPSA) is 41.5 Å². The van der Waals surface area contributed by atoms with Crippen molar-refractivity contribution >= 4 is 0 Å². The van der Waals surface area contributed by atoms with Gasteiger partial charge in [0.05, 0.1) is 6.61 Å². The summed E-state index contributed by atoms with van der Waals surface area (Å²) >= 11 is 0. The van der Waals surface area contributed by atoms with Gasteiger partial charge in [-0.15, -0.1) is 0 Å². The SMILES string of the molecule is COC[C@@H]1CN(Cc2cccnc2)CC12CCN(Cc1cccnc1)CC2. The Morgan fingerprint density at radius 1 is 1.00 bits per heavy atom. The first-order valence-electron chi connectivity index (χ1n) is 9.99. The van der Waals surface area contributed by atoms with Gasteiger partial charge >= 0.3 is 0 Å². The van der Waals surface area contributed by atoms with Gasteiger partial charge in [-0.05, 0) is 54.6 Å². The molecule has 2 aromatic heterocycles. The first-order chi connectivity index (χ1) is 13.3. The van der Waals surface area contributed by atoms with E-state index in [-0.39, 0.29) is 0 Å². The Balaban J connectivity index is 1.38. The van der Waals surface area contributed by atoms with Gasteiger partial charge in [0.1, 0.15) is 0 Å². The van der Waals surface area contributed by atoms with Crippen LogP contribution in [-0.4, -0.2) is 59.7 Å². The predicted molar refractivity (Wildman–Crippen MR) is 106 cm³/mol. The Kier molecular flexibility index (Phi) is 5.81. The molecule has 0 saturated carbocycles. The fourth-order valence-electron chi connectivity index (χ4n) is 4.92. The van der Waals surface area contributed by atoms with E-state index < -0.39 is 0 Å². The molecule has 0 N–H and O–H groups in total. The number of rotatable bonds is 6. The number of aromatic nitrogens is 2. The second kappa shape index (κ2) is 8.46. The molecule has 5 heteroatoms. The molecular weight excluding hydrogens is 336 g/mol. The van der Waals surface area contributed by atoms with E-state index in [1.54, 1.807) is 0 Å². The van der Waals surface area contributed by atoms with Crippen LogP contribution in [0.4, 0.5) is 0 Å². The molecule has 144 valence electrons. The lowest BCUT2D eigenvalue weighted by molar-refractivity contribution is 0.0350. The van der Waals surface area contributed by atoms with E-state index in [1.165, 1.54) is 30.5 Å². The minimum Gasteiger partial charge on any atom is -0.384 e. The first-order valence-corrected chi connectivity index (χ1v) is 9.99. The van der Waals surface area contributed by atoms with Crippen LogP contribution >= 0.6 is 0 Å². The van der Waals surface area contributed by atoms with Crippen LogP contribution in [0, 0.1) is 11.3 Å². The van der Waals surface area contributed by atoms with Crippen LogP contribution < -0.4 is 0 Å². The van der Waals surface area contributed by atoms with Crippen molar-refractivity contribution in [2.45, 2.75) is 25.9 Å². The van der Waals surface area contributed by atoms with Gasteiger partial charge in [-0.25, -0.2) is 0 Å². The smallest absolute Gasteiger partial charge is 0.0508 e. The minimum atomic E-state index is 0.393. The molecule has 1 atom stereocenters. The average Bonchev–Trinajstić information content (AvgIpc) is 3.02. The van der Waals surface area contributed by atoms with Crippen LogP contribution in [-0.2, 0) is 17.8 Å². The second-order valence-corrected chi connectivity index (χ2v) is 8.18. The van der Waals surface area contributed by atoms with E-state index in [1.807, 2.05) is 44.0 Å². The molecule has 1 spiro atoms. The van der Waals surface area contributed by atoms with Gasteiger partial charge in [-0.1, -0.05) is 12.1 Å². The molecule has 5 nitrogen and oxygen atoms in total. The van der Waals surface area contributed by atoms with Gasteiger partial charge in [0.2, 0.25) is 0 Å². The lowest BCUT2D eigenvalue weighted by Gasteiger charge is -2.42. The number of likely N-dealkylation sites (tertiary alicyclic amines) is 2. The zero-order valence-corrected chi connectivity index (χ0v) is 16.3. The van der Waals surface area contributed by atoms with E-state index in [0.29, 0.717) is 11.3 Å². The number of ether oxygens (including phenoxy) is 1. The summed E-state index contributed by atoms with van der Waals surface area (Å²) < 4.78 is 5.61. The van der Waals surface area contributed by atoms with E-state index in [4.69, 9.17) is 4.74 Å². The largest absolute Gasteiger partial charge is 0.384 e. The minimum absolute atomic E-state index is 0.393. The van der Waals surface area contributed by atoms with Crippen LogP contribution in [0.2, 0.25) is 0 Å². The molecule has 0 amide bonds. The van der Waals surface area contributed by atoms with Crippen molar-refractivity contribution in [2.24, 2.45) is 11.3 Å². The Bertz CT molecular complexity index is 701. The highest BCUT2D eigenvalue weighted by atomic mass is 16.5. The predicted octanol–water partition coefficient (Wildman–Crippen LogP) is 2.84. The molecule has 0 bridgehead atoms. The van der Waals surface area contributed by atoms with Crippen LogP contribution in [0.5, 0.6) is 0 Å². The summed E-state index contributed by atoms with van der Waals surface area (Å²) in [4.78, 5) is 13.7. The number of piperidine rings is 1. The van der Waals surface area contributed by atoms with Gasteiger partial charge in [0.15, 0.2) is 0 Å². The summed E-state index contributed by atoms with van der Waals surface area (Å²) in [5.74, 6) is 0.625. The molecule has 0 unspecified atom stereocenters. The number of pyridine rings is 2. The van der Waals surface area contributed by atoms with E-state index in [2.05, 4.69) is 31.9 Å². The molecule has 2 aromatic rings. The van der Waals surface area contributed by atoms with Crippen molar-refractivity contribution in [3.63, 3.8) is 0 Å². The average molecular weight is 367 g/mol. The van der Waals surface area contributed by atoms with Gasteiger partial charge in [-0.2, -0.15) is 0 Å². The van der Waals surface area contributed by atoms with E-state index in [9.17, 15) is 0 Å². The van der Waals surface area contributed by atoms with Crippen molar-refractivity contribution in [3.05, 3.63) is 60.2 Å². The third-order valence-corrected chi connectivity index (χ3v) is 6.36. The van der Waals surface area contributed by atoms with Crippen LogP contribution in [0.15, 0.2) is 49.1 Å². The number of hydrogen-bond acceptors (Lipinski definition) is 5. The van der Waals surface area contributed by atoms with E-state index in [0.717, 1.165) is 39.3 Å². The van der Waals surface area contributed by atoms with Crippen molar-refractivity contribution in [1.82, 2.24) is 19.8 Å². The van der Waals surface area contributed by atoms with Crippen molar-refractivity contribution < 1.29 is 4.74 Å². The summed E-state index contributed by atoms with van der Waals surface area (Å²) in [5, 5.41) is 0. The molecule has 0 aliphatic carbocycles. The van der Waals surface area contributed by atoms with Crippen LogP contribution in [0.1, 0.15) is 24.0 Å². The molecule has 0 radical (unpaired) electrons. The maximum absolute atomic E-state index is 5.61. The van der Waals surface area contributed by atoms with Gasteiger partial charge < -0.3 is 4.74 Å². The molecule has 4 heterocycles. The Labute approximate surface area is 162 Å². The third kappa shape index (κ3) is 4.37. The highest BCUT2D eigenvalue weighted by molar-refractivity contribution is 5.11. The number of hydrogen-bond donors (Lipinski definition) is 0. The maximum Gasteiger partial charge on any atom is 0.0508 e. The van der Waals surface area contributed by atoms with Gasteiger partial charge in [0.25, 0.3) is 0 Å². The lowest BCUT2D eigenvalue weighted by atomic mass is 9.71. The van der Waals surface area contributed by atoms with E-state index >= 15 is 0 Å². The Morgan fingerprint density at radius 3 is 2.19 bits per heavy atom. The molecule has 2 aliphatic rings. The van der Waals surface area contributed by atoms with Gasteiger partial charge in [-0.3, -0.25) is 19.8 Å². The van der Waals surface area contributed by atoms with Gasteiger partial charge in [0, 0.05) is 64.0 Å². The van der Waals surface area contributed by atoms with Crippen molar-refractivity contribution in [3.8, 4) is 0 Å². The highest BCUT2D eigenvalue weighted by Gasteiger charge is 2.47. The quantitative estimate of drug-likeness (QED) is 0.786. The summed E-state index contributed by atoms with van der Waals surface area (Å²) in [6.45, 7) is 7.51. The second-order valence-electron chi connectivity index (χ2n) is 8.18. The molecular formula is C22H30N4O. The van der Waals surface area contributed by atoms with Crippen LogP contribution in [0.25, 0.3) is 0 Å². The fourth-order valence-corrected chi connectivity index (χ4v) is 4.92.